The quantitative estimate of drug-likeness (QED) is 0.135. The minimum absolute atomic E-state index is 0. The van der Waals surface area contributed by atoms with Gasteiger partial charge in [-0.2, -0.15) is 12.1 Å². The smallest absolute Gasteiger partial charge is 0.135 e. The summed E-state index contributed by atoms with van der Waals surface area (Å²) in [5, 5.41) is 2.17. The molecule has 1 aliphatic heterocycles. The number of aromatic nitrogens is 2. The molecule has 77 heavy (non-hydrogen) atoms. The normalized spacial score (nSPS) is 13.3. The Morgan fingerprint density at radius 3 is 1.71 bits per heavy atom. The maximum absolute atomic E-state index is 6.83. The number of nitrogens with zero attached hydrogens (tertiary/aromatic N) is 4. The number of para-hydroxylation sites is 3. The first-order valence-electron chi connectivity index (χ1n) is 26.0. The number of ether oxygens (including phenoxy) is 1. The van der Waals surface area contributed by atoms with Gasteiger partial charge in [-0.15, -0.1) is 48.1 Å². The second-order valence-electron chi connectivity index (χ2n) is 20.8. The van der Waals surface area contributed by atoms with Crippen molar-refractivity contribution < 1.29 is 25.8 Å². The summed E-state index contributed by atoms with van der Waals surface area (Å²) in [5.74, 6) is 1.95. The fraction of sp³-hybridized carbons (Fsp3) is 0.0704. The molecule has 10 aromatic carbocycles. The minimum atomic E-state index is -0.570. The van der Waals surface area contributed by atoms with Gasteiger partial charge in [-0.1, -0.05) is 196 Å². The van der Waals surface area contributed by atoms with E-state index in [2.05, 4.69) is 278 Å². The molecule has 6 heteroatoms. The van der Waals surface area contributed by atoms with Crippen LogP contribution in [0.2, 0.25) is 0 Å². The van der Waals surface area contributed by atoms with Crippen LogP contribution >= 0.6 is 0 Å². The van der Waals surface area contributed by atoms with Crippen LogP contribution in [0.25, 0.3) is 61.0 Å². The monoisotopic (exact) mass is 1170 g/mol. The van der Waals surface area contributed by atoms with E-state index < -0.39 is 5.41 Å². The number of anilines is 4. The number of fused-ring (bicyclic) bond motifs is 7. The van der Waals surface area contributed by atoms with Crippen molar-refractivity contribution in [2.75, 3.05) is 9.80 Å². The SMILES string of the molecule is CC(C)(C)c1cc(-c2ccccc2)c(N2[CH-]N(c3[c-]c(Oc4[c-]c5c(cc4)c4ccccc4n5-c4cc(C5(c6ccccc6)c6ccccc6-c6ccccc65)ccn4)ccc3)c3ccccc32)c(-c2ccccc2)c1.[Pt]. The van der Waals surface area contributed by atoms with Gasteiger partial charge in [0.1, 0.15) is 5.82 Å². The summed E-state index contributed by atoms with van der Waals surface area (Å²) >= 11 is 0. The Morgan fingerprint density at radius 2 is 1.05 bits per heavy atom. The van der Waals surface area contributed by atoms with Gasteiger partial charge in [-0.05, 0) is 103 Å². The van der Waals surface area contributed by atoms with Gasteiger partial charge in [0.05, 0.1) is 5.41 Å². The second kappa shape index (κ2) is 19.1. The van der Waals surface area contributed by atoms with Crippen molar-refractivity contribution in [1.82, 2.24) is 9.55 Å². The van der Waals surface area contributed by atoms with Crippen LogP contribution in [-0.4, -0.2) is 9.55 Å². The van der Waals surface area contributed by atoms with Crippen molar-refractivity contribution in [3.05, 3.63) is 295 Å². The van der Waals surface area contributed by atoms with Gasteiger partial charge in [-0.25, -0.2) is 4.98 Å². The van der Waals surface area contributed by atoms with E-state index in [0.717, 1.165) is 78.2 Å². The molecule has 1 aliphatic carbocycles. The molecule has 0 unspecified atom stereocenters. The topological polar surface area (TPSA) is 33.5 Å². The number of pyridine rings is 1. The average molecular weight is 1170 g/mol. The molecule has 0 fully saturated rings. The molecular formula is C71H51N4OPt-3. The molecule has 0 amide bonds. The molecule has 0 spiro atoms. The van der Waals surface area contributed by atoms with Gasteiger partial charge in [-0.3, -0.25) is 0 Å². The maximum atomic E-state index is 6.83. The van der Waals surface area contributed by atoms with E-state index in [1.165, 1.54) is 33.4 Å². The van der Waals surface area contributed by atoms with Crippen LogP contribution in [0.4, 0.5) is 22.7 Å². The summed E-state index contributed by atoms with van der Waals surface area (Å²) in [6, 6.07) is 94.1. The standard InChI is InChI=1S/C71H51N4O.Pt/c1-70(2,3)52-42-60(48-22-7-4-8-23-48)69(61(43-52)49-24-9-5-10-25-49)74-47-73(65-36-19-20-37-66(65)74)53-28-21-29-54(45-53)76-55-38-39-59-58-32-15-18-35-64(58)75(67(59)46-55)68-44-51(40-41-72-68)71(50-26-11-6-12-27-50)62-33-16-13-30-56(62)57-31-14-17-34-63(57)71;/h4-44,47H,1-3H3;/q-3;. The fourth-order valence-electron chi connectivity index (χ4n) is 11.9. The van der Waals surface area contributed by atoms with Crippen LogP contribution in [0, 0.1) is 18.8 Å². The Balaban J connectivity index is 0.00000566. The fourth-order valence-corrected chi connectivity index (χ4v) is 11.9. The summed E-state index contributed by atoms with van der Waals surface area (Å²) in [6.07, 6.45) is 1.96. The molecule has 2 aliphatic rings. The summed E-state index contributed by atoms with van der Waals surface area (Å²) in [5.41, 5.74) is 18.6. The van der Waals surface area contributed by atoms with Crippen molar-refractivity contribution in [1.29, 1.82) is 0 Å². The molecule has 374 valence electrons. The Morgan fingerprint density at radius 1 is 0.481 bits per heavy atom. The zero-order valence-electron chi connectivity index (χ0n) is 42.8. The van der Waals surface area contributed by atoms with Gasteiger partial charge in [0, 0.05) is 72.5 Å². The second-order valence-corrected chi connectivity index (χ2v) is 20.8. The molecular weight excluding hydrogens is 1120 g/mol. The van der Waals surface area contributed by atoms with Gasteiger partial charge in [0.25, 0.3) is 0 Å². The number of benzene rings is 10. The van der Waals surface area contributed by atoms with Crippen molar-refractivity contribution in [2.45, 2.75) is 31.6 Å². The van der Waals surface area contributed by atoms with Crippen LogP contribution in [0.15, 0.2) is 249 Å². The Labute approximate surface area is 464 Å². The van der Waals surface area contributed by atoms with E-state index in [0.29, 0.717) is 11.5 Å². The molecule has 14 rings (SSSR count). The predicted octanol–water partition coefficient (Wildman–Crippen LogP) is 18.0. The average Bonchev–Trinajstić information content (AvgIpc) is 4.22. The molecule has 12 aromatic rings. The third-order valence-corrected chi connectivity index (χ3v) is 15.4. The molecule has 0 saturated heterocycles. The van der Waals surface area contributed by atoms with Gasteiger partial charge < -0.3 is 19.1 Å². The van der Waals surface area contributed by atoms with Crippen molar-refractivity contribution >= 4 is 44.6 Å². The third-order valence-electron chi connectivity index (χ3n) is 15.4. The van der Waals surface area contributed by atoms with E-state index >= 15 is 0 Å². The third kappa shape index (κ3) is 7.91. The summed E-state index contributed by atoms with van der Waals surface area (Å²) in [7, 11) is 0. The number of hydrogen-bond acceptors (Lipinski definition) is 4. The molecule has 0 bridgehead atoms. The van der Waals surface area contributed by atoms with Crippen molar-refractivity contribution in [2.24, 2.45) is 0 Å². The van der Waals surface area contributed by atoms with Crippen LogP contribution < -0.4 is 14.5 Å². The van der Waals surface area contributed by atoms with E-state index in [-0.39, 0.29) is 26.5 Å². The molecule has 0 atom stereocenters. The predicted molar refractivity (Wildman–Crippen MR) is 311 cm³/mol. The largest absolute Gasteiger partial charge is 0.509 e. The van der Waals surface area contributed by atoms with Gasteiger partial charge >= 0.3 is 0 Å². The minimum Gasteiger partial charge on any atom is -0.509 e. The Hall–Kier alpha value is -8.76. The van der Waals surface area contributed by atoms with Crippen LogP contribution in [0.1, 0.15) is 48.6 Å². The first kappa shape index (κ1) is 47.9. The summed E-state index contributed by atoms with van der Waals surface area (Å²) < 4.78 is 9.06. The molecule has 3 heterocycles. The molecule has 0 radical (unpaired) electrons. The van der Waals surface area contributed by atoms with Crippen LogP contribution in [-0.2, 0) is 31.9 Å². The van der Waals surface area contributed by atoms with E-state index in [4.69, 9.17) is 9.72 Å². The van der Waals surface area contributed by atoms with Crippen LogP contribution in [0.5, 0.6) is 11.5 Å². The van der Waals surface area contributed by atoms with Crippen LogP contribution in [0.3, 0.4) is 0 Å². The molecule has 2 aromatic heterocycles. The van der Waals surface area contributed by atoms with Crippen molar-refractivity contribution in [3.63, 3.8) is 0 Å². The number of hydrogen-bond donors (Lipinski definition) is 0. The molecule has 5 nitrogen and oxygen atoms in total. The zero-order valence-corrected chi connectivity index (χ0v) is 45.0. The Kier molecular flexibility index (Phi) is 11.9. The first-order chi connectivity index (χ1) is 37.3. The van der Waals surface area contributed by atoms with E-state index in [9.17, 15) is 0 Å². The first-order valence-corrected chi connectivity index (χ1v) is 26.0. The molecule has 0 N–H and O–H groups in total. The maximum Gasteiger partial charge on any atom is 0.135 e. The number of rotatable bonds is 9. The summed E-state index contributed by atoms with van der Waals surface area (Å²) in [6.45, 7) is 9.07. The Bertz CT molecular complexity index is 4080. The zero-order chi connectivity index (χ0) is 51.0. The molecule has 0 saturated carbocycles. The van der Waals surface area contributed by atoms with E-state index in [1.54, 1.807) is 0 Å². The summed E-state index contributed by atoms with van der Waals surface area (Å²) in [4.78, 5) is 9.72. The van der Waals surface area contributed by atoms with E-state index in [1.807, 2.05) is 24.4 Å². The van der Waals surface area contributed by atoms with Crippen molar-refractivity contribution in [3.8, 4) is 50.7 Å². The van der Waals surface area contributed by atoms with Gasteiger partial charge in [0.15, 0.2) is 0 Å². The van der Waals surface area contributed by atoms with Gasteiger partial charge in [0.2, 0.25) is 0 Å².